The number of carbonyl (C=O) groups excluding carboxylic acids is 1. The predicted molar refractivity (Wildman–Crippen MR) is 130 cm³/mol. The number of sulfonamides is 1. The molecule has 0 aliphatic carbocycles. The van der Waals surface area contributed by atoms with Gasteiger partial charge >= 0.3 is 0 Å². The molecule has 1 heterocycles. The van der Waals surface area contributed by atoms with E-state index in [1.54, 1.807) is 26.2 Å². The lowest BCUT2D eigenvalue weighted by molar-refractivity contribution is -0.122. The van der Waals surface area contributed by atoms with Crippen molar-refractivity contribution in [1.82, 2.24) is 14.9 Å². The van der Waals surface area contributed by atoms with Gasteiger partial charge < -0.3 is 15.0 Å². The minimum atomic E-state index is -3.73. The number of nitrogens with zero attached hydrogens (tertiary/aromatic N) is 2. The first-order chi connectivity index (χ1) is 15.8. The van der Waals surface area contributed by atoms with Crippen LogP contribution >= 0.6 is 0 Å². The van der Waals surface area contributed by atoms with E-state index >= 15 is 0 Å². The van der Waals surface area contributed by atoms with Crippen LogP contribution in [0.2, 0.25) is 0 Å². The molecule has 0 unspecified atom stereocenters. The van der Waals surface area contributed by atoms with Crippen molar-refractivity contribution < 1.29 is 17.9 Å². The number of hydrogen-bond acceptors (Lipinski definition) is 6. The van der Waals surface area contributed by atoms with Gasteiger partial charge in [-0.2, -0.15) is 4.72 Å². The third-order valence-electron chi connectivity index (χ3n) is 5.82. The molecule has 2 N–H and O–H groups in total. The first kappa shape index (κ1) is 25.0. The van der Waals surface area contributed by atoms with Crippen LogP contribution in [0.5, 0.6) is 5.75 Å². The topological polar surface area (TPSA) is 91.0 Å². The second-order valence-corrected chi connectivity index (χ2v) is 10.0. The predicted octanol–water partition coefficient (Wildman–Crippen LogP) is 2.00. The fraction of sp³-hybridized carbons (Fsp3) is 0.458. The third-order valence-corrected chi connectivity index (χ3v) is 7.37. The van der Waals surface area contributed by atoms with E-state index in [1.165, 1.54) is 17.8 Å². The molecule has 2 aromatic rings. The summed E-state index contributed by atoms with van der Waals surface area (Å²) < 4.78 is 32.6. The zero-order valence-electron chi connectivity index (χ0n) is 19.6. The molecule has 1 atom stereocenters. The van der Waals surface area contributed by atoms with Crippen LogP contribution in [0.1, 0.15) is 18.9 Å². The summed E-state index contributed by atoms with van der Waals surface area (Å²) in [6.07, 6.45) is 0.811. The van der Waals surface area contributed by atoms with Crippen LogP contribution in [0, 0.1) is 6.92 Å². The molecule has 1 amide bonds. The summed E-state index contributed by atoms with van der Waals surface area (Å²) in [4.78, 5) is 17.2. The number of hydrogen-bond donors (Lipinski definition) is 2. The van der Waals surface area contributed by atoms with E-state index in [4.69, 9.17) is 4.74 Å². The Morgan fingerprint density at radius 3 is 2.27 bits per heavy atom. The minimum absolute atomic E-state index is 0.154. The lowest BCUT2D eigenvalue weighted by Gasteiger charge is -2.36. The van der Waals surface area contributed by atoms with Crippen LogP contribution in [0.25, 0.3) is 0 Å². The largest absolute Gasteiger partial charge is 0.497 e. The second kappa shape index (κ2) is 11.5. The smallest absolute Gasteiger partial charge is 0.241 e. The van der Waals surface area contributed by atoms with Crippen molar-refractivity contribution in [3.63, 3.8) is 0 Å². The number of anilines is 1. The fourth-order valence-electron chi connectivity index (χ4n) is 3.76. The van der Waals surface area contributed by atoms with E-state index < -0.39 is 16.1 Å². The normalized spacial score (nSPS) is 15.8. The van der Waals surface area contributed by atoms with Crippen molar-refractivity contribution in [3.8, 4) is 5.75 Å². The highest BCUT2D eigenvalue weighted by Crippen LogP contribution is 2.20. The maximum atomic E-state index is 12.4. The molecule has 0 aromatic heterocycles. The Hall–Kier alpha value is -2.62. The zero-order chi connectivity index (χ0) is 23.8. The molecule has 8 nitrogen and oxygen atoms in total. The highest BCUT2D eigenvalue weighted by Gasteiger charge is 2.22. The third kappa shape index (κ3) is 7.18. The molecule has 1 saturated heterocycles. The van der Waals surface area contributed by atoms with Gasteiger partial charge in [-0.25, -0.2) is 8.42 Å². The van der Waals surface area contributed by atoms with Crippen LogP contribution in [0.15, 0.2) is 53.4 Å². The first-order valence-electron chi connectivity index (χ1n) is 11.3. The fourth-order valence-corrected chi connectivity index (χ4v) is 4.96. The van der Waals surface area contributed by atoms with Crippen molar-refractivity contribution in [3.05, 3.63) is 54.1 Å². The van der Waals surface area contributed by atoms with Gasteiger partial charge in [-0.15, -0.1) is 0 Å². The molecule has 1 aliphatic heterocycles. The molecule has 1 aliphatic rings. The Morgan fingerprint density at radius 1 is 1.03 bits per heavy atom. The number of carbonyl (C=O) groups is 1. The minimum Gasteiger partial charge on any atom is -0.497 e. The van der Waals surface area contributed by atoms with E-state index in [9.17, 15) is 13.2 Å². The van der Waals surface area contributed by atoms with Crippen molar-refractivity contribution in [2.75, 3.05) is 51.3 Å². The Labute approximate surface area is 197 Å². The maximum Gasteiger partial charge on any atom is 0.241 e. The number of amides is 1. The van der Waals surface area contributed by atoms with Gasteiger partial charge in [0.2, 0.25) is 15.9 Å². The van der Waals surface area contributed by atoms with Crippen LogP contribution < -0.4 is 19.7 Å². The molecule has 9 heteroatoms. The molecule has 33 heavy (non-hydrogen) atoms. The number of methoxy groups -OCH3 is 1. The van der Waals surface area contributed by atoms with Gasteiger partial charge in [-0.1, -0.05) is 17.7 Å². The number of ether oxygens (including phenoxy) is 1. The van der Waals surface area contributed by atoms with Gasteiger partial charge in [-0.3, -0.25) is 9.69 Å². The van der Waals surface area contributed by atoms with Gasteiger partial charge in [0.25, 0.3) is 0 Å². The standard InChI is InChI=1S/C24H34N4O4S/c1-19-5-11-23(12-6-19)33(30,31)26-20(2)24(29)25-13-4-14-27-15-17-28(18-16-27)21-7-9-22(32-3)10-8-21/h5-12,20,26H,4,13-18H2,1-3H3,(H,25,29)/t20-/m1/s1. The number of benzene rings is 2. The zero-order valence-corrected chi connectivity index (χ0v) is 20.4. The summed E-state index contributed by atoms with van der Waals surface area (Å²) >= 11 is 0. The quantitative estimate of drug-likeness (QED) is 0.512. The summed E-state index contributed by atoms with van der Waals surface area (Å²) in [5, 5.41) is 2.84. The molecule has 180 valence electrons. The molecule has 0 spiro atoms. The van der Waals surface area contributed by atoms with E-state index in [0.717, 1.165) is 50.5 Å². The van der Waals surface area contributed by atoms with E-state index in [0.29, 0.717) is 6.54 Å². The molecule has 0 saturated carbocycles. The molecular weight excluding hydrogens is 440 g/mol. The van der Waals surface area contributed by atoms with Crippen molar-refractivity contribution in [2.45, 2.75) is 31.2 Å². The van der Waals surface area contributed by atoms with Crippen molar-refractivity contribution >= 4 is 21.6 Å². The lowest BCUT2D eigenvalue weighted by Crippen LogP contribution is -2.47. The summed E-state index contributed by atoms with van der Waals surface area (Å²) in [6.45, 7) is 8.68. The second-order valence-electron chi connectivity index (χ2n) is 8.33. The molecule has 3 rings (SSSR count). The van der Waals surface area contributed by atoms with Crippen LogP contribution in [-0.2, 0) is 14.8 Å². The van der Waals surface area contributed by atoms with Gasteiger partial charge in [0, 0.05) is 38.4 Å². The number of nitrogens with one attached hydrogen (secondary N) is 2. The van der Waals surface area contributed by atoms with Crippen molar-refractivity contribution in [2.24, 2.45) is 0 Å². The Balaban J connectivity index is 1.35. The van der Waals surface area contributed by atoms with Crippen LogP contribution in [0.3, 0.4) is 0 Å². The summed E-state index contributed by atoms with van der Waals surface area (Å²) in [5.41, 5.74) is 2.17. The number of piperazine rings is 1. The Morgan fingerprint density at radius 2 is 1.67 bits per heavy atom. The van der Waals surface area contributed by atoms with Crippen molar-refractivity contribution in [1.29, 1.82) is 0 Å². The SMILES string of the molecule is COc1ccc(N2CCN(CCCNC(=O)[C@@H](C)NS(=O)(=O)c3ccc(C)cc3)CC2)cc1. The molecule has 0 bridgehead atoms. The van der Waals surface area contributed by atoms with Gasteiger partial charge in [0.1, 0.15) is 5.75 Å². The maximum absolute atomic E-state index is 12.4. The summed E-state index contributed by atoms with van der Waals surface area (Å²) in [6, 6.07) is 13.8. The summed E-state index contributed by atoms with van der Waals surface area (Å²) in [7, 11) is -2.06. The molecule has 0 radical (unpaired) electrons. The number of aryl methyl sites for hydroxylation is 1. The summed E-state index contributed by atoms with van der Waals surface area (Å²) in [5.74, 6) is 0.534. The Bertz CT molecular complexity index is 1000. The van der Waals surface area contributed by atoms with Crippen LogP contribution in [0.4, 0.5) is 5.69 Å². The van der Waals surface area contributed by atoms with E-state index in [-0.39, 0.29) is 10.8 Å². The van der Waals surface area contributed by atoms with Gasteiger partial charge in [0.15, 0.2) is 0 Å². The first-order valence-corrected chi connectivity index (χ1v) is 12.7. The monoisotopic (exact) mass is 474 g/mol. The Kier molecular flexibility index (Phi) is 8.71. The molecule has 2 aromatic carbocycles. The highest BCUT2D eigenvalue weighted by molar-refractivity contribution is 7.89. The lowest BCUT2D eigenvalue weighted by atomic mass is 10.2. The highest BCUT2D eigenvalue weighted by atomic mass is 32.2. The van der Waals surface area contributed by atoms with Crippen LogP contribution in [-0.4, -0.2) is 71.6 Å². The average Bonchev–Trinajstić information content (AvgIpc) is 2.82. The van der Waals surface area contributed by atoms with E-state index in [1.807, 2.05) is 19.1 Å². The molecule has 1 fully saturated rings. The average molecular weight is 475 g/mol. The van der Waals surface area contributed by atoms with E-state index in [2.05, 4.69) is 32.0 Å². The van der Waals surface area contributed by atoms with Gasteiger partial charge in [0.05, 0.1) is 18.0 Å². The molecular formula is C24H34N4O4S. The van der Waals surface area contributed by atoms with Gasteiger partial charge in [-0.05, 0) is 63.2 Å². The number of rotatable bonds is 10.